The fourth-order valence-corrected chi connectivity index (χ4v) is 3.13. The number of nitrogens with two attached hydrogens (primary N) is 1. The molecular formula is C14H21NOS. The highest BCUT2D eigenvalue weighted by Crippen LogP contribution is 2.30. The highest BCUT2D eigenvalue weighted by atomic mass is 32.2. The summed E-state index contributed by atoms with van der Waals surface area (Å²) in [4.78, 5) is 0. The zero-order valence-electron chi connectivity index (χ0n) is 10.6. The first-order valence-corrected chi connectivity index (χ1v) is 7.38. The van der Waals surface area contributed by atoms with Crippen LogP contribution in [0.4, 0.5) is 0 Å². The number of hydrogen-bond donors (Lipinski definition) is 1. The predicted octanol–water partition coefficient (Wildman–Crippen LogP) is 2.63. The fourth-order valence-electron chi connectivity index (χ4n) is 2.01. The molecule has 2 unspecified atom stereocenters. The Morgan fingerprint density at radius 1 is 1.53 bits per heavy atom. The van der Waals surface area contributed by atoms with Crippen LogP contribution in [-0.2, 0) is 6.42 Å². The van der Waals surface area contributed by atoms with Gasteiger partial charge >= 0.3 is 0 Å². The van der Waals surface area contributed by atoms with Gasteiger partial charge in [-0.15, -0.1) is 0 Å². The maximum absolute atomic E-state index is 5.93. The summed E-state index contributed by atoms with van der Waals surface area (Å²) in [5.74, 6) is 3.88. The molecule has 3 heteroatoms. The maximum atomic E-state index is 5.93. The van der Waals surface area contributed by atoms with Gasteiger partial charge in [-0.25, -0.2) is 0 Å². The summed E-state index contributed by atoms with van der Waals surface area (Å²) < 4.78 is 5.93. The van der Waals surface area contributed by atoms with Crippen molar-refractivity contribution in [3.8, 4) is 5.75 Å². The molecule has 0 spiro atoms. The Hall–Kier alpha value is -0.670. The summed E-state index contributed by atoms with van der Waals surface area (Å²) in [6, 6.07) is 6.45. The second-order valence-corrected chi connectivity index (χ2v) is 6.01. The molecular weight excluding hydrogens is 230 g/mol. The van der Waals surface area contributed by atoms with E-state index < -0.39 is 0 Å². The number of rotatable bonds is 5. The van der Waals surface area contributed by atoms with Gasteiger partial charge in [0, 0.05) is 12.2 Å². The van der Waals surface area contributed by atoms with E-state index in [2.05, 4.69) is 32.0 Å². The first-order valence-electron chi connectivity index (χ1n) is 6.23. The Morgan fingerprint density at radius 2 is 2.35 bits per heavy atom. The average Bonchev–Trinajstić information content (AvgIpc) is 2.70. The standard InChI is InChI=1S/C14H21NOS/c1-10-3-4-14-12(5-10)6-13(16-14)9-17-8-11(2)7-15/h3-5,11,13H,6-9,15H2,1-2H3. The Bertz CT molecular complexity index is 380. The van der Waals surface area contributed by atoms with Gasteiger partial charge in [-0.2, -0.15) is 11.8 Å². The summed E-state index contributed by atoms with van der Waals surface area (Å²) in [5, 5.41) is 0. The minimum Gasteiger partial charge on any atom is -0.489 e. The molecule has 0 amide bonds. The van der Waals surface area contributed by atoms with Crippen molar-refractivity contribution in [3.63, 3.8) is 0 Å². The molecule has 1 aliphatic rings. The van der Waals surface area contributed by atoms with E-state index in [1.54, 1.807) is 0 Å². The lowest BCUT2D eigenvalue weighted by Crippen LogP contribution is -2.18. The zero-order chi connectivity index (χ0) is 12.3. The van der Waals surface area contributed by atoms with Crippen LogP contribution < -0.4 is 10.5 Å². The molecule has 1 aliphatic heterocycles. The fraction of sp³-hybridized carbons (Fsp3) is 0.571. The molecule has 0 saturated heterocycles. The first-order chi connectivity index (χ1) is 8.19. The lowest BCUT2D eigenvalue weighted by atomic mass is 10.1. The van der Waals surface area contributed by atoms with Crippen molar-refractivity contribution in [1.29, 1.82) is 0 Å². The van der Waals surface area contributed by atoms with Crippen LogP contribution in [0.5, 0.6) is 5.75 Å². The minimum atomic E-state index is 0.349. The highest BCUT2D eigenvalue weighted by Gasteiger charge is 2.22. The van der Waals surface area contributed by atoms with Gasteiger partial charge in [0.2, 0.25) is 0 Å². The van der Waals surface area contributed by atoms with Crippen LogP contribution in [-0.4, -0.2) is 24.2 Å². The van der Waals surface area contributed by atoms with Crippen molar-refractivity contribution < 1.29 is 4.74 Å². The Morgan fingerprint density at radius 3 is 3.12 bits per heavy atom. The quantitative estimate of drug-likeness (QED) is 0.873. The summed E-state index contributed by atoms with van der Waals surface area (Å²) >= 11 is 1.95. The summed E-state index contributed by atoms with van der Waals surface area (Å²) in [5.41, 5.74) is 8.29. The molecule has 2 N–H and O–H groups in total. The van der Waals surface area contributed by atoms with E-state index in [4.69, 9.17) is 10.5 Å². The lowest BCUT2D eigenvalue weighted by Gasteiger charge is -2.12. The van der Waals surface area contributed by atoms with Gasteiger partial charge in [0.15, 0.2) is 0 Å². The third-order valence-electron chi connectivity index (χ3n) is 3.07. The van der Waals surface area contributed by atoms with Crippen molar-refractivity contribution in [3.05, 3.63) is 29.3 Å². The third-order valence-corrected chi connectivity index (χ3v) is 4.48. The molecule has 0 aromatic heterocycles. The van der Waals surface area contributed by atoms with E-state index in [9.17, 15) is 0 Å². The molecule has 1 aromatic rings. The third kappa shape index (κ3) is 3.39. The van der Waals surface area contributed by atoms with Crippen LogP contribution in [0.15, 0.2) is 18.2 Å². The van der Waals surface area contributed by atoms with Crippen molar-refractivity contribution in [1.82, 2.24) is 0 Å². The predicted molar refractivity (Wildman–Crippen MR) is 74.8 cm³/mol. The number of ether oxygens (including phenoxy) is 1. The Labute approximate surface area is 108 Å². The van der Waals surface area contributed by atoms with Crippen LogP contribution >= 0.6 is 11.8 Å². The molecule has 1 heterocycles. The van der Waals surface area contributed by atoms with E-state index in [1.807, 2.05) is 11.8 Å². The van der Waals surface area contributed by atoms with Gasteiger partial charge in [0.25, 0.3) is 0 Å². The largest absolute Gasteiger partial charge is 0.489 e. The number of aryl methyl sites for hydroxylation is 1. The molecule has 2 rings (SSSR count). The van der Waals surface area contributed by atoms with E-state index in [0.717, 1.165) is 30.2 Å². The van der Waals surface area contributed by atoms with Crippen molar-refractivity contribution >= 4 is 11.8 Å². The molecule has 2 atom stereocenters. The topological polar surface area (TPSA) is 35.2 Å². The second-order valence-electron chi connectivity index (χ2n) is 4.93. The van der Waals surface area contributed by atoms with Gasteiger partial charge in [-0.05, 0) is 36.8 Å². The van der Waals surface area contributed by atoms with Gasteiger partial charge in [-0.1, -0.05) is 24.6 Å². The molecule has 0 bridgehead atoms. The normalized spacial score (nSPS) is 19.8. The first kappa shape index (κ1) is 12.8. The smallest absolute Gasteiger partial charge is 0.123 e. The highest BCUT2D eigenvalue weighted by molar-refractivity contribution is 7.99. The second kappa shape index (κ2) is 5.78. The molecule has 1 aromatic carbocycles. The molecule has 94 valence electrons. The molecule has 0 radical (unpaired) electrons. The molecule has 17 heavy (non-hydrogen) atoms. The number of benzene rings is 1. The van der Waals surface area contributed by atoms with Crippen LogP contribution in [0, 0.1) is 12.8 Å². The SMILES string of the molecule is Cc1ccc2c(c1)CC(CSCC(C)CN)O2. The van der Waals surface area contributed by atoms with Crippen LogP contribution in [0.2, 0.25) is 0 Å². The maximum Gasteiger partial charge on any atom is 0.123 e. The average molecular weight is 251 g/mol. The van der Waals surface area contributed by atoms with Gasteiger partial charge in [-0.3, -0.25) is 0 Å². The van der Waals surface area contributed by atoms with E-state index in [0.29, 0.717) is 12.0 Å². The van der Waals surface area contributed by atoms with Crippen molar-refractivity contribution in [2.24, 2.45) is 11.7 Å². The van der Waals surface area contributed by atoms with Gasteiger partial charge in [0.1, 0.15) is 11.9 Å². The van der Waals surface area contributed by atoms with Gasteiger partial charge < -0.3 is 10.5 Å². The van der Waals surface area contributed by atoms with Crippen molar-refractivity contribution in [2.45, 2.75) is 26.4 Å². The summed E-state index contributed by atoms with van der Waals surface area (Å²) in [6.07, 6.45) is 1.41. The summed E-state index contributed by atoms with van der Waals surface area (Å²) in [7, 11) is 0. The minimum absolute atomic E-state index is 0.349. The van der Waals surface area contributed by atoms with Gasteiger partial charge in [0.05, 0.1) is 0 Å². The van der Waals surface area contributed by atoms with Crippen LogP contribution in [0.3, 0.4) is 0 Å². The molecule has 0 saturated carbocycles. The monoisotopic (exact) mass is 251 g/mol. The molecule has 0 fully saturated rings. The van der Waals surface area contributed by atoms with Crippen LogP contribution in [0.1, 0.15) is 18.1 Å². The van der Waals surface area contributed by atoms with E-state index >= 15 is 0 Å². The number of thioether (sulfide) groups is 1. The summed E-state index contributed by atoms with van der Waals surface area (Å²) in [6.45, 7) is 5.10. The van der Waals surface area contributed by atoms with E-state index in [-0.39, 0.29) is 0 Å². The van der Waals surface area contributed by atoms with E-state index in [1.165, 1.54) is 11.1 Å². The number of fused-ring (bicyclic) bond motifs is 1. The Balaban J connectivity index is 1.80. The lowest BCUT2D eigenvalue weighted by molar-refractivity contribution is 0.259. The number of hydrogen-bond acceptors (Lipinski definition) is 3. The molecule has 2 nitrogen and oxygen atoms in total. The Kier molecular flexibility index (Phi) is 4.35. The van der Waals surface area contributed by atoms with Crippen LogP contribution in [0.25, 0.3) is 0 Å². The molecule has 0 aliphatic carbocycles. The van der Waals surface area contributed by atoms with Crippen molar-refractivity contribution in [2.75, 3.05) is 18.1 Å². The zero-order valence-corrected chi connectivity index (χ0v) is 11.4.